The lowest BCUT2D eigenvalue weighted by Gasteiger charge is -2.03. The summed E-state index contributed by atoms with van der Waals surface area (Å²) < 4.78 is 1.94. The van der Waals surface area contributed by atoms with E-state index in [4.69, 9.17) is 0 Å². The molecule has 0 saturated heterocycles. The van der Waals surface area contributed by atoms with E-state index in [1.54, 1.807) is 18.7 Å². The topological polar surface area (TPSA) is 34.9 Å². The van der Waals surface area contributed by atoms with Crippen LogP contribution in [-0.4, -0.2) is 15.6 Å². The van der Waals surface area contributed by atoms with Crippen LogP contribution in [0.5, 0.6) is 0 Å². The van der Waals surface area contributed by atoms with E-state index in [1.165, 1.54) is 10.6 Å². The lowest BCUT2D eigenvalue weighted by Crippen LogP contribution is -1.96. The summed E-state index contributed by atoms with van der Waals surface area (Å²) in [5, 5.41) is 4.44. The van der Waals surface area contributed by atoms with Crippen LogP contribution in [0.4, 0.5) is 0 Å². The third-order valence-corrected chi connectivity index (χ3v) is 4.08. The van der Waals surface area contributed by atoms with Crippen LogP contribution in [0, 0.1) is 0 Å². The minimum absolute atomic E-state index is 0.107. The van der Waals surface area contributed by atoms with Gasteiger partial charge < -0.3 is 0 Å². The van der Waals surface area contributed by atoms with Crippen LogP contribution >= 0.6 is 11.8 Å². The number of thioether (sulfide) groups is 1. The van der Waals surface area contributed by atoms with Crippen molar-refractivity contribution in [1.29, 1.82) is 0 Å². The number of carbonyl (C=O) groups excluding carboxylic acids is 1. The second kappa shape index (κ2) is 6.06. The van der Waals surface area contributed by atoms with Crippen molar-refractivity contribution in [3.63, 3.8) is 0 Å². The van der Waals surface area contributed by atoms with Gasteiger partial charge in [-0.3, -0.25) is 9.48 Å². The minimum atomic E-state index is 0.107. The number of aromatic nitrogens is 2. The van der Waals surface area contributed by atoms with Gasteiger partial charge >= 0.3 is 0 Å². The van der Waals surface area contributed by atoms with E-state index in [1.807, 2.05) is 36.0 Å². The Balaban J connectivity index is 2.01. The first-order valence-electron chi connectivity index (χ1n) is 6.35. The highest BCUT2D eigenvalue weighted by atomic mass is 32.2. The zero-order chi connectivity index (χ0) is 13.8. The molecular formula is C15H18N2OS. The Bertz CT molecular complexity index is 572. The fourth-order valence-corrected chi connectivity index (χ4v) is 2.74. The van der Waals surface area contributed by atoms with Gasteiger partial charge in [-0.15, -0.1) is 11.8 Å². The van der Waals surface area contributed by atoms with Gasteiger partial charge in [0.05, 0.1) is 5.69 Å². The molecule has 3 nitrogen and oxygen atoms in total. The van der Waals surface area contributed by atoms with Gasteiger partial charge in [0.2, 0.25) is 0 Å². The molecule has 0 amide bonds. The minimum Gasteiger partial charge on any atom is -0.295 e. The monoisotopic (exact) mass is 274 g/mol. The molecule has 1 aromatic heterocycles. The molecule has 19 heavy (non-hydrogen) atoms. The molecule has 0 aliphatic rings. The van der Waals surface area contributed by atoms with E-state index in [-0.39, 0.29) is 5.78 Å². The standard InChI is InChI=1S/C15H18N2OS/c1-4-13-9-14(17(3)16-13)10-19-15-7-5-12(6-8-15)11(2)18/h5-9H,4,10H2,1-3H3. The molecule has 0 unspecified atom stereocenters. The van der Waals surface area contributed by atoms with Crippen molar-refractivity contribution < 1.29 is 4.79 Å². The van der Waals surface area contributed by atoms with Gasteiger partial charge in [0.15, 0.2) is 5.78 Å². The van der Waals surface area contributed by atoms with Gasteiger partial charge in [-0.2, -0.15) is 5.10 Å². The fourth-order valence-electron chi connectivity index (χ4n) is 1.82. The smallest absolute Gasteiger partial charge is 0.159 e. The summed E-state index contributed by atoms with van der Waals surface area (Å²) >= 11 is 1.76. The van der Waals surface area contributed by atoms with Crippen molar-refractivity contribution in [2.24, 2.45) is 7.05 Å². The van der Waals surface area contributed by atoms with Crippen LogP contribution in [0.2, 0.25) is 0 Å². The lowest BCUT2D eigenvalue weighted by molar-refractivity contribution is 0.101. The average molecular weight is 274 g/mol. The van der Waals surface area contributed by atoms with Crippen LogP contribution in [0.15, 0.2) is 35.2 Å². The largest absolute Gasteiger partial charge is 0.295 e. The van der Waals surface area contributed by atoms with Crippen LogP contribution in [0.25, 0.3) is 0 Å². The molecule has 0 radical (unpaired) electrons. The molecule has 1 aromatic carbocycles. The molecule has 0 saturated carbocycles. The van der Waals surface area contributed by atoms with Gasteiger partial charge in [-0.1, -0.05) is 19.1 Å². The van der Waals surface area contributed by atoms with Gasteiger partial charge in [-0.05, 0) is 31.5 Å². The fraction of sp³-hybridized carbons (Fsp3) is 0.333. The molecule has 4 heteroatoms. The van der Waals surface area contributed by atoms with Gasteiger partial charge in [-0.25, -0.2) is 0 Å². The van der Waals surface area contributed by atoms with Crippen LogP contribution in [0.1, 0.15) is 35.6 Å². The number of carbonyl (C=O) groups is 1. The number of nitrogens with zero attached hydrogens (tertiary/aromatic N) is 2. The van der Waals surface area contributed by atoms with Crippen molar-refractivity contribution >= 4 is 17.5 Å². The van der Waals surface area contributed by atoms with Crippen LogP contribution in [0.3, 0.4) is 0 Å². The van der Waals surface area contributed by atoms with Gasteiger partial charge in [0.1, 0.15) is 0 Å². The van der Waals surface area contributed by atoms with Gasteiger partial charge in [0, 0.05) is 29.0 Å². The predicted octanol–water partition coefficient (Wildman–Crippen LogP) is 3.48. The molecule has 0 bridgehead atoms. The summed E-state index contributed by atoms with van der Waals surface area (Å²) in [4.78, 5) is 12.4. The van der Waals surface area contributed by atoms with E-state index in [9.17, 15) is 4.79 Å². The summed E-state index contributed by atoms with van der Waals surface area (Å²) in [5.74, 6) is 0.999. The number of rotatable bonds is 5. The van der Waals surface area contributed by atoms with Crippen LogP contribution < -0.4 is 0 Å². The number of hydrogen-bond acceptors (Lipinski definition) is 3. The first-order chi connectivity index (χ1) is 9.10. The Kier molecular flexibility index (Phi) is 4.43. The van der Waals surface area contributed by atoms with Crippen molar-refractivity contribution in [3.8, 4) is 0 Å². The lowest BCUT2D eigenvalue weighted by atomic mass is 10.2. The third-order valence-electron chi connectivity index (χ3n) is 3.04. The molecule has 0 N–H and O–H groups in total. The van der Waals surface area contributed by atoms with Crippen molar-refractivity contribution in [2.75, 3.05) is 0 Å². The average Bonchev–Trinajstić information content (AvgIpc) is 2.77. The Morgan fingerprint density at radius 3 is 2.53 bits per heavy atom. The number of Topliss-reactive ketones (excluding diaryl/α,β-unsaturated/α-hetero) is 1. The number of hydrogen-bond donors (Lipinski definition) is 0. The second-order valence-corrected chi connectivity index (χ2v) is 5.52. The Labute approximate surface area is 118 Å². The second-order valence-electron chi connectivity index (χ2n) is 4.47. The maximum atomic E-state index is 11.2. The normalized spacial score (nSPS) is 10.7. The zero-order valence-electron chi connectivity index (χ0n) is 11.5. The number of aryl methyl sites for hydroxylation is 2. The van der Waals surface area contributed by atoms with Crippen molar-refractivity contribution in [3.05, 3.63) is 47.3 Å². The Morgan fingerprint density at radius 1 is 1.32 bits per heavy atom. The quantitative estimate of drug-likeness (QED) is 0.618. The summed E-state index contributed by atoms with van der Waals surface area (Å²) in [7, 11) is 1.98. The highest BCUT2D eigenvalue weighted by Gasteiger charge is 2.05. The molecule has 2 aromatic rings. The molecule has 0 fully saturated rings. The van der Waals surface area contributed by atoms with Gasteiger partial charge in [0.25, 0.3) is 0 Å². The molecule has 0 aliphatic heterocycles. The molecule has 1 heterocycles. The molecular weight excluding hydrogens is 256 g/mol. The molecule has 100 valence electrons. The summed E-state index contributed by atoms with van der Waals surface area (Å²) in [6.07, 6.45) is 0.964. The van der Waals surface area contributed by atoms with E-state index >= 15 is 0 Å². The third kappa shape index (κ3) is 3.47. The first-order valence-corrected chi connectivity index (χ1v) is 7.34. The Morgan fingerprint density at radius 2 is 2.00 bits per heavy atom. The summed E-state index contributed by atoms with van der Waals surface area (Å²) in [6.45, 7) is 3.70. The molecule has 0 aliphatic carbocycles. The summed E-state index contributed by atoms with van der Waals surface area (Å²) in [6, 6.07) is 9.91. The maximum Gasteiger partial charge on any atom is 0.159 e. The molecule has 2 rings (SSSR count). The zero-order valence-corrected chi connectivity index (χ0v) is 12.3. The Hall–Kier alpha value is -1.55. The molecule has 0 spiro atoms. The highest BCUT2D eigenvalue weighted by Crippen LogP contribution is 2.23. The summed E-state index contributed by atoms with van der Waals surface area (Å²) in [5.41, 5.74) is 3.11. The van der Waals surface area contributed by atoms with E-state index in [0.717, 1.165) is 23.4 Å². The SMILES string of the molecule is CCc1cc(CSc2ccc(C(C)=O)cc2)n(C)n1. The van der Waals surface area contributed by atoms with E-state index < -0.39 is 0 Å². The van der Waals surface area contributed by atoms with E-state index in [0.29, 0.717) is 0 Å². The first kappa shape index (κ1) is 13.9. The highest BCUT2D eigenvalue weighted by molar-refractivity contribution is 7.98. The maximum absolute atomic E-state index is 11.2. The number of ketones is 1. The van der Waals surface area contributed by atoms with Crippen LogP contribution in [-0.2, 0) is 19.2 Å². The van der Waals surface area contributed by atoms with E-state index in [2.05, 4.69) is 18.1 Å². The van der Waals surface area contributed by atoms with Crippen molar-refractivity contribution in [1.82, 2.24) is 9.78 Å². The number of benzene rings is 1. The predicted molar refractivity (Wildman–Crippen MR) is 78.6 cm³/mol. The molecule has 0 atom stereocenters. The van der Waals surface area contributed by atoms with Crippen molar-refractivity contribution in [2.45, 2.75) is 30.9 Å².